The van der Waals surface area contributed by atoms with Gasteiger partial charge in [-0.25, -0.2) is 0 Å². The highest BCUT2D eigenvalue weighted by Gasteiger charge is 2.40. The maximum absolute atomic E-state index is 14.6. The van der Waals surface area contributed by atoms with E-state index in [2.05, 4.69) is 20.8 Å². The number of hydrogen-bond donors (Lipinski definition) is 1. The van der Waals surface area contributed by atoms with Crippen LogP contribution in [0.3, 0.4) is 0 Å². The summed E-state index contributed by atoms with van der Waals surface area (Å²) in [4.78, 5) is 0. The minimum Gasteiger partial charge on any atom is -0.507 e. The van der Waals surface area contributed by atoms with Gasteiger partial charge in [0.2, 0.25) is 0 Å². The highest BCUT2D eigenvalue weighted by Crippen LogP contribution is 2.52. The molecule has 3 aromatic carbocycles. The summed E-state index contributed by atoms with van der Waals surface area (Å²) in [7, 11) is -3.49. The molecule has 30 heavy (non-hydrogen) atoms. The van der Waals surface area contributed by atoms with Crippen LogP contribution in [0.25, 0.3) is 10.8 Å². The van der Waals surface area contributed by atoms with Crippen molar-refractivity contribution in [2.75, 3.05) is 0 Å². The van der Waals surface area contributed by atoms with E-state index < -0.39 is 7.37 Å². The molecule has 0 bridgehead atoms. The van der Waals surface area contributed by atoms with E-state index in [-0.39, 0.29) is 11.9 Å². The summed E-state index contributed by atoms with van der Waals surface area (Å²) >= 11 is 0. The van der Waals surface area contributed by atoms with Crippen molar-refractivity contribution in [1.29, 1.82) is 0 Å². The predicted octanol–water partition coefficient (Wildman–Crippen LogP) is 6.25. The first kappa shape index (κ1) is 21.2. The largest absolute Gasteiger partial charge is 0.507 e. The van der Waals surface area contributed by atoms with E-state index in [1.807, 2.05) is 60.7 Å². The number of phenolic OH excluding ortho intramolecular Hbond substituents is 1. The van der Waals surface area contributed by atoms with Crippen LogP contribution in [0.1, 0.15) is 40.0 Å². The molecule has 1 saturated carbocycles. The Morgan fingerprint density at radius 1 is 0.967 bits per heavy atom. The summed E-state index contributed by atoms with van der Waals surface area (Å²) in [5.41, 5.74) is 0. The van der Waals surface area contributed by atoms with Gasteiger partial charge in [-0.05, 0) is 65.6 Å². The van der Waals surface area contributed by atoms with Gasteiger partial charge in [0.05, 0.1) is 11.4 Å². The first-order valence-corrected chi connectivity index (χ1v) is 12.6. The average molecular weight is 423 g/mol. The normalized spacial score (nSPS) is 24.1. The third kappa shape index (κ3) is 4.06. The van der Waals surface area contributed by atoms with Gasteiger partial charge in [-0.15, -0.1) is 0 Å². The fraction of sp³-hybridized carbons (Fsp3) is 0.385. The Balaban J connectivity index is 1.84. The van der Waals surface area contributed by atoms with Crippen molar-refractivity contribution in [2.45, 2.75) is 46.1 Å². The van der Waals surface area contributed by atoms with Crippen LogP contribution in [-0.4, -0.2) is 11.2 Å². The topological polar surface area (TPSA) is 46.5 Å². The zero-order valence-corrected chi connectivity index (χ0v) is 18.9. The number of phenols is 1. The van der Waals surface area contributed by atoms with Crippen molar-refractivity contribution in [2.24, 2.45) is 17.8 Å². The van der Waals surface area contributed by atoms with E-state index in [0.717, 1.165) is 23.6 Å². The third-order valence-corrected chi connectivity index (χ3v) is 9.04. The van der Waals surface area contributed by atoms with Gasteiger partial charge in [0.15, 0.2) is 0 Å². The van der Waals surface area contributed by atoms with Gasteiger partial charge < -0.3 is 9.63 Å². The maximum atomic E-state index is 14.6. The minimum absolute atomic E-state index is 0.0332. The minimum atomic E-state index is -3.49. The maximum Gasteiger partial charge on any atom is 0.265 e. The van der Waals surface area contributed by atoms with Crippen molar-refractivity contribution in [1.82, 2.24) is 0 Å². The summed E-state index contributed by atoms with van der Waals surface area (Å²) < 4.78 is 21.3. The van der Waals surface area contributed by atoms with Crippen LogP contribution in [-0.2, 0) is 9.09 Å². The summed E-state index contributed by atoms with van der Waals surface area (Å²) in [5.74, 6) is 1.39. The van der Waals surface area contributed by atoms with Gasteiger partial charge in [-0.2, -0.15) is 0 Å². The van der Waals surface area contributed by atoms with Gasteiger partial charge in [-0.3, -0.25) is 4.57 Å². The average Bonchev–Trinajstić information content (AvgIpc) is 2.73. The lowest BCUT2D eigenvalue weighted by atomic mass is 9.75. The van der Waals surface area contributed by atoms with Crippen LogP contribution in [0.2, 0.25) is 0 Å². The Morgan fingerprint density at radius 3 is 2.27 bits per heavy atom. The molecule has 0 unspecified atom stereocenters. The number of aromatic hydroxyl groups is 1. The van der Waals surface area contributed by atoms with Crippen LogP contribution in [0, 0.1) is 17.8 Å². The molecule has 4 rings (SSSR count). The lowest BCUT2D eigenvalue weighted by Gasteiger charge is -2.39. The van der Waals surface area contributed by atoms with Crippen LogP contribution in [0.4, 0.5) is 0 Å². The zero-order valence-electron chi connectivity index (χ0n) is 18.0. The SMILES string of the molecule is CC(C)[C@@H]1CC[C@@H](C)C[C@H]1O[P@](=O)(c1ccccc1)c1cc2ccccc2cc1O. The van der Waals surface area contributed by atoms with Crippen molar-refractivity contribution in [3.8, 4) is 5.75 Å². The Morgan fingerprint density at radius 2 is 1.60 bits per heavy atom. The summed E-state index contributed by atoms with van der Waals surface area (Å²) in [5, 5.41) is 13.8. The van der Waals surface area contributed by atoms with Gasteiger partial charge in [0.1, 0.15) is 5.75 Å². The molecule has 0 heterocycles. The zero-order chi connectivity index (χ0) is 21.3. The smallest absolute Gasteiger partial charge is 0.265 e. The monoisotopic (exact) mass is 422 g/mol. The number of benzene rings is 3. The Bertz CT molecular complexity index is 1060. The Labute approximate surface area is 179 Å². The van der Waals surface area contributed by atoms with E-state index >= 15 is 0 Å². The van der Waals surface area contributed by atoms with Crippen LogP contribution >= 0.6 is 7.37 Å². The van der Waals surface area contributed by atoms with Crippen LogP contribution < -0.4 is 10.6 Å². The van der Waals surface area contributed by atoms with Gasteiger partial charge in [-0.1, -0.05) is 69.7 Å². The first-order valence-electron chi connectivity index (χ1n) is 10.9. The third-order valence-electron chi connectivity index (χ3n) is 6.50. The Hall–Kier alpha value is -2.09. The molecule has 4 heteroatoms. The second kappa shape index (κ2) is 8.57. The lowest BCUT2D eigenvalue weighted by molar-refractivity contribution is 0.0514. The van der Waals surface area contributed by atoms with Crippen molar-refractivity contribution >= 4 is 28.8 Å². The second-order valence-electron chi connectivity index (χ2n) is 9.05. The van der Waals surface area contributed by atoms with E-state index in [1.54, 1.807) is 6.07 Å². The molecule has 1 aliphatic rings. The molecule has 0 saturated heterocycles. The summed E-state index contributed by atoms with van der Waals surface area (Å²) in [6.45, 7) is 6.68. The first-order chi connectivity index (χ1) is 14.4. The van der Waals surface area contributed by atoms with Crippen molar-refractivity contribution in [3.05, 3.63) is 66.7 Å². The molecule has 0 aliphatic heterocycles. The number of fused-ring (bicyclic) bond motifs is 1. The molecule has 3 aromatic rings. The Kier molecular flexibility index (Phi) is 6.04. The molecule has 0 radical (unpaired) electrons. The van der Waals surface area contributed by atoms with Crippen molar-refractivity contribution in [3.63, 3.8) is 0 Å². The molecule has 1 aliphatic carbocycles. The molecule has 4 atom stereocenters. The molecule has 1 N–H and O–H groups in total. The highest BCUT2D eigenvalue weighted by molar-refractivity contribution is 7.74. The van der Waals surface area contributed by atoms with Gasteiger partial charge >= 0.3 is 0 Å². The van der Waals surface area contributed by atoms with E-state index in [4.69, 9.17) is 4.52 Å². The van der Waals surface area contributed by atoms with Gasteiger partial charge in [0.25, 0.3) is 7.37 Å². The molecule has 0 amide bonds. The molecule has 0 aromatic heterocycles. The van der Waals surface area contributed by atoms with Crippen LogP contribution in [0.15, 0.2) is 66.7 Å². The molecule has 3 nitrogen and oxygen atoms in total. The van der Waals surface area contributed by atoms with E-state index in [1.165, 1.54) is 6.42 Å². The summed E-state index contributed by atoms with van der Waals surface area (Å²) in [6, 6.07) is 20.7. The highest BCUT2D eigenvalue weighted by atomic mass is 31.2. The predicted molar refractivity (Wildman–Crippen MR) is 125 cm³/mol. The van der Waals surface area contributed by atoms with Crippen LogP contribution in [0.5, 0.6) is 5.75 Å². The molecule has 0 spiro atoms. The van der Waals surface area contributed by atoms with Crippen molar-refractivity contribution < 1.29 is 14.2 Å². The number of rotatable bonds is 5. The van der Waals surface area contributed by atoms with E-state index in [0.29, 0.717) is 28.4 Å². The fourth-order valence-electron chi connectivity index (χ4n) is 4.76. The quantitative estimate of drug-likeness (QED) is 0.494. The molecular formula is C26H31O3P. The lowest BCUT2D eigenvalue weighted by Crippen LogP contribution is -2.36. The van der Waals surface area contributed by atoms with Gasteiger partial charge in [0, 0.05) is 5.30 Å². The fourth-order valence-corrected chi connectivity index (χ4v) is 7.14. The molecular weight excluding hydrogens is 391 g/mol. The second-order valence-corrected chi connectivity index (χ2v) is 11.4. The van der Waals surface area contributed by atoms with E-state index in [9.17, 15) is 9.67 Å². The standard InChI is InChI=1S/C26H31O3P/c1-18(2)23-14-13-19(3)15-25(23)29-30(28,22-11-5-4-6-12-22)26-17-21-10-8-7-9-20(21)16-24(26)27/h4-12,16-19,23,25,27H,13-15H2,1-3H3/t19-,23+,25-,30-/m1/s1. The molecule has 1 fully saturated rings. The molecule has 158 valence electrons. The number of hydrogen-bond acceptors (Lipinski definition) is 3. The summed E-state index contributed by atoms with van der Waals surface area (Å²) in [6.07, 6.45) is 3.07.